The van der Waals surface area contributed by atoms with Crippen molar-refractivity contribution in [1.29, 1.82) is 0 Å². The molecule has 0 aromatic carbocycles. The summed E-state index contributed by atoms with van der Waals surface area (Å²) in [5.41, 5.74) is 1.24. The van der Waals surface area contributed by atoms with E-state index >= 15 is 0 Å². The largest absolute Gasteiger partial charge is 0.348 e. The lowest BCUT2D eigenvalue weighted by Gasteiger charge is -2.32. The van der Waals surface area contributed by atoms with E-state index in [1.54, 1.807) is 16.8 Å². The van der Waals surface area contributed by atoms with Gasteiger partial charge < -0.3 is 4.90 Å². The van der Waals surface area contributed by atoms with Gasteiger partial charge in [0.15, 0.2) is 0 Å². The number of carbonyl (C=O) groups is 1. The molecule has 1 amide bonds. The van der Waals surface area contributed by atoms with Crippen LogP contribution in [0, 0.1) is 12.8 Å². The van der Waals surface area contributed by atoms with Gasteiger partial charge >= 0.3 is 5.69 Å². The molecule has 4 rings (SSSR count). The fourth-order valence-electron chi connectivity index (χ4n) is 3.57. The SMILES string of the molecule is Cc1ncccc1C(=O)N1CCC(Cc2n[nH]c(=O)n2-c2cccs2)CC1. The van der Waals surface area contributed by atoms with Gasteiger partial charge in [0.1, 0.15) is 10.8 Å². The Kier molecular flexibility index (Phi) is 4.89. The van der Waals surface area contributed by atoms with Crippen LogP contribution in [0.4, 0.5) is 0 Å². The van der Waals surface area contributed by atoms with E-state index < -0.39 is 0 Å². The van der Waals surface area contributed by atoms with Gasteiger partial charge in [-0.25, -0.2) is 14.5 Å². The van der Waals surface area contributed by atoms with E-state index in [0.29, 0.717) is 24.6 Å². The van der Waals surface area contributed by atoms with Crippen molar-refractivity contribution in [2.24, 2.45) is 5.92 Å². The summed E-state index contributed by atoms with van der Waals surface area (Å²) in [5, 5.41) is 9.61. The molecule has 3 aromatic rings. The van der Waals surface area contributed by atoms with Gasteiger partial charge in [-0.3, -0.25) is 9.78 Å². The van der Waals surface area contributed by atoms with Crippen molar-refractivity contribution in [3.63, 3.8) is 0 Å². The van der Waals surface area contributed by atoms with Crippen LogP contribution in [-0.4, -0.2) is 43.6 Å². The summed E-state index contributed by atoms with van der Waals surface area (Å²) in [7, 11) is 0. The molecule has 0 bridgehead atoms. The molecule has 1 aliphatic rings. The number of amides is 1. The number of hydrogen-bond acceptors (Lipinski definition) is 5. The highest BCUT2D eigenvalue weighted by molar-refractivity contribution is 7.12. The van der Waals surface area contributed by atoms with Gasteiger partial charge in [0.2, 0.25) is 0 Å². The lowest BCUT2D eigenvalue weighted by Crippen LogP contribution is -2.39. The third kappa shape index (κ3) is 3.57. The van der Waals surface area contributed by atoms with Crippen LogP contribution in [0.2, 0.25) is 0 Å². The van der Waals surface area contributed by atoms with Crippen LogP contribution >= 0.6 is 11.3 Å². The molecule has 1 fully saturated rings. The van der Waals surface area contributed by atoms with Crippen molar-refractivity contribution in [2.45, 2.75) is 26.2 Å². The summed E-state index contributed by atoms with van der Waals surface area (Å²) >= 11 is 1.52. The van der Waals surface area contributed by atoms with E-state index in [0.717, 1.165) is 35.8 Å². The third-order valence-electron chi connectivity index (χ3n) is 5.08. The monoisotopic (exact) mass is 383 g/mol. The van der Waals surface area contributed by atoms with Crippen LogP contribution in [0.15, 0.2) is 40.6 Å². The zero-order chi connectivity index (χ0) is 18.8. The van der Waals surface area contributed by atoms with E-state index in [9.17, 15) is 9.59 Å². The smallest absolute Gasteiger partial charge is 0.339 e. The first-order chi connectivity index (χ1) is 13.1. The highest BCUT2D eigenvalue weighted by Gasteiger charge is 2.26. The van der Waals surface area contributed by atoms with Gasteiger partial charge in [0, 0.05) is 31.4 Å². The van der Waals surface area contributed by atoms with Crippen molar-refractivity contribution < 1.29 is 4.79 Å². The molecule has 0 aliphatic carbocycles. The van der Waals surface area contributed by atoms with Gasteiger partial charge in [-0.15, -0.1) is 11.3 Å². The number of piperidine rings is 1. The number of nitrogens with zero attached hydrogens (tertiary/aromatic N) is 4. The first kappa shape index (κ1) is 17.7. The van der Waals surface area contributed by atoms with Crippen molar-refractivity contribution in [3.05, 3.63) is 63.4 Å². The molecule has 1 N–H and O–H groups in total. The van der Waals surface area contributed by atoms with Gasteiger partial charge in [-0.1, -0.05) is 0 Å². The molecule has 0 atom stereocenters. The molecule has 7 nitrogen and oxygen atoms in total. The standard InChI is InChI=1S/C19H21N5O2S/c1-13-15(4-2-8-20-13)18(25)23-9-6-14(7-10-23)12-16-21-22-19(26)24(16)17-5-3-11-27-17/h2-5,8,11,14H,6-7,9-10,12H2,1H3,(H,22,26). The highest BCUT2D eigenvalue weighted by atomic mass is 32.1. The molecule has 8 heteroatoms. The van der Waals surface area contributed by atoms with E-state index in [1.807, 2.05) is 35.4 Å². The van der Waals surface area contributed by atoms with Crippen LogP contribution in [0.1, 0.15) is 34.7 Å². The number of likely N-dealkylation sites (tertiary alicyclic amines) is 1. The zero-order valence-corrected chi connectivity index (χ0v) is 15.9. The number of H-pyrrole nitrogens is 1. The number of hydrogen-bond donors (Lipinski definition) is 1. The number of aryl methyl sites for hydroxylation is 1. The number of nitrogens with one attached hydrogen (secondary N) is 1. The van der Waals surface area contributed by atoms with Gasteiger partial charge in [0.25, 0.3) is 5.91 Å². The number of aromatic nitrogens is 4. The number of pyridine rings is 1. The molecule has 4 heterocycles. The second-order valence-electron chi connectivity index (χ2n) is 6.81. The molecule has 1 aliphatic heterocycles. The van der Waals surface area contributed by atoms with Crippen molar-refractivity contribution in [1.82, 2.24) is 24.6 Å². The molecule has 3 aromatic heterocycles. The fraction of sp³-hybridized carbons (Fsp3) is 0.368. The maximum absolute atomic E-state index is 12.7. The van der Waals surface area contributed by atoms with E-state index in [-0.39, 0.29) is 11.6 Å². The lowest BCUT2D eigenvalue weighted by molar-refractivity contribution is 0.0688. The van der Waals surface area contributed by atoms with Crippen LogP contribution in [0.25, 0.3) is 5.00 Å². The van der Waals surface area contributed by atoms with Crippen LogP contribution in [-0.2, 0) is 6.42 Å². The molecule has 0 spiro atoms. The Labute approximate surface area is 160 Å². The van der Waals surface area contributed by atoms with E-state index in [1.165, 1.54) is 11.3 Å². The first-order valence-corrected chi connectivity index (χ1v) is 9.92. The van der Waals surface area contributed by atoms with E-state index in [2.05, 4.69) is 15.2 Å². The zero-order valence-electron chi connectivity index (χ0n) is 15.1. The summed E-state index contributed by atoms with van der Waals surface area (Å²) < 4.78 is 1.65. The molecule has 27 heavy (non-hydrogen) atoms. The highest BCUT2D eigenvalue weighted by Crippen LogP contribution is 2.24. The summed E-state index contributed by atoms with van der Waals surface area (Å²) in [6.45, 7) is 3.29. The predicted octanol–water partition coefficient (Wildman–Crippen LogP) is 2.42. The Balaban J connectivity index is 1.42. The normalized spacial score (nSPS) is 15.2. The average molecular weight is 383 g/mol. The van der Waals surface area contributed by atoms with E-state index in [4.69, 9.17) is 0 Å². The quantitative estimate of drug-likeness (QED) is 0.750. The van der Waals surface area contributed by atoms with Crippen LogP contribution in [0.5, 0.6) is 0 Å². The molecule has 0 radical (unpaired) electrons. The third-order valence-corrected chi connectivity index (χ3v) is 5.93. The molecular formula is C19H21N5O2S. The Morgan fingerprint density at radius 2 is 2.11 bits per heavy atom. The molecule has 0 unspecified atom stereocenters. The number of thiophene rings is 1. The predicted molar refractivity (Wildman–Crippen MR) is 103 cm³/mol. The molecule has 140 valence electrons. The first-order valence-electron chi connectivity index (χ1n) is 9.04. The number of carbonyl (C=O) groups excluding carboxylic acids is 1. The molecule has 0 saturated carbocycles. The molecular weight excluding hydrogens is 362 g/mol. The molecule has 1 saturated heterocycles. The summed E-state index contributed by atoms with van der Waals surface area (Å²) in [5.74, 6) is 1.21. The Bertz CT molecular complexity index is 984. The van der Waals surface area contributed by atoms with Crippen molar-refractivity contribution in [3.8, 4) is 5.00 Å². The number of aromatic amines is 1. The maximum Gasteiger partial charge on any atom is 0.348 e. The van der Waals surface area contributed by atoms with Gasteiger partial charge in [0.05, 0.1) is 5.56 Å². The van der Waals surface area contributed by atoms with Crippen molar-refractivity contribution >= 4 is 17.2 Å². The second-order valence-corrected chi connectivity index (χ2v) is 7.73. The Morgan fingerprint density at radius 3 is 2.81 bits per heavy atom. The summed E-state index contributed by atoms with van der Waals surface area (Å²) in [6, 6.07) is 7.48. The van der Waals surface area contributed by atoms with Crippen LogP contribution in [0.3, 0.4) is 0 Å². The second kappa shape index (κ2) is 7.48. The van der Waals surface area contributed by atoms with Crippen LogP contribution < -0.4 is 5.69 Å². The minimum atomic E-state index is -0.202. The minimum absolute atomic E-state index is 0.0503. The Morgan fingerprint density at radius 1 is 1.30 bits per heavy atom. The van der Waals surface area contributed by atoms with Gasteiger partial charge in [-0.2, -0.15) is 5.10 Å². The topological polar surface area (TPSA) is 83.9 Å². The van der Waals surface area contributed by atoms with Crippen molar-refractivity contribution in [2.75, 3.05) is 13.1 Å². The minimum Gasteiger partial charge on any atom is -0.339 e. The number of rotatable bonds is 4. The lowest BCUT2D eigenvalue weighted by atomic mass is 9.92. The summed E-state index contributed by atoms with van der Waals surface area (Å²) in [4.78, 5) is 30.9. The summed E-state index contributed by atoms with van der Waals surface area (Å²) in [6.07, 6.45) is 4.23. The Hall–Kier alpha value is -2.74. The van der Waals surface area contributed by atoms with Gasteiger partial charge in [-0.05, 0) is 55.3 Å². The maximum atomic E-state index is 12.7. The average Bonchev–Trinajstić information content (AvgIpc) is 3.32. The fourth-order valence-corrected chi connectivity index (χ4v) is 4.32.